The number of carboxylic acids is 1. The summed E-state index contributed by atoms with van der Waals surface area (Å²) in [6.45, 7) is 3.70. The SMILES string of the molecule is CC(C)n1c(SCC(=O)O)nc2ccc(Cl)cc2c1=O. The Bertz CT molecular complexity index is 727. The summed E-state index contributed by atoms with van der Waals surface area (Å²) in [5, 5.41) is 10.1. The number of hydrogen-bond donors (Lipinski definition) is 1. The summed E-state index contributed by atoms with van der Waals surface area (Å²) in [5.74, 6) is -1.09. The molecule has 0 spiro atoms. The van der Waals surface area contributed by atoms with E-state index in [4.69, 9.17) is 16.7 Å². The molecule has 106 valence electrons. The minimum Gasteiger partial charge on any atom is -0.481 e. The van der Waals surface area contributed by atoms with E-state index in [0.717, 1.165) is 11.8 Å². The van der Waals surface area contributed by atoms with E-state index in [1.807, 2.05) is 13.8 Å². The Morgan fingerprint density at radius 3 is 2.80 bits per heavy atom. The number of carboxylic acid groups (broad SMARTS) is 1. The van der Waals surface area contributed by atoms with Crippen molar-refractivity contribution in [1.29, 1.82) is 0 Å². The number of fused-ring (bicyclic) bond motifs is 1. The van der Waals surface area contributed by atoms with E-state index >= 15 is 0 Å². The number of hydrogen-bond acceptors (Lipinski definition) is 4. The van der Waals surface area contributed by atoms with E-state index < -0.39 is 5.97 Å². The minimum absolute atomic E-state index is 0.116. The van der Waals surface area contributed by atoms with Crippen molar-refractivity contribution in [3.8, 4) is 0 Å². The third-order valence-electron chi connectivity index (χ3n) is 2.67. The molecular formula is C13H13ClN2O3S. The maximum absolute atomic E-state index is 12.5. The molecule has 1 heterocycles. The van der Waals surface area contributed by atoms with Crippen LogP contribution < -0.4 is 5.56 Å². The normalized spacial score (nSPS) is 11.2. The standard InChI is InChI=1S/C13H13ClN2O3S/c1-7(2)16-12(19)9-5-8(14)3-4-10(9)15-13(16)20-6-11(17)18/h3-5,7H,6H2,1-2H3,(H,17,18). The molecular weight excluding hydrogens is 300 g/mol. The summed E-state index contributed by atoms with van der Waals surface area (Å²) in [5.41, 5.74) is 0.310. The van der Waals surface area contributed by atoms with Crippen molar-refractivity contribution in [3.63, 3.8) is 0 Å². The highest BCUT2D eigenvalue weighted by atomic mass is 35.5. The number of thioether (sulfide) groups is 1. The average Bonchev–Trinajstić information content (AvgIpc) is 2.36. The van der Waals surface area contributed by atoms with E-state index in [9.17, 15) is 9.59 Å². The van der Waals surface area contributed by atoms with Crippen molar-refractivity contribution in [3.05, 3.63) is 33.6 Å². The first-order chi connectivity index (χ1) is 9.40. The third-order valence-corrected chi connectivity index (χ3v) is 3.84. The summed E-state index contributed by atoms with van der Waals surface area (Å²) >= 11 is 6.94. The van der Waals surface area contributed by atoms with E-state index in [1.165, 1.54) is 4.57 Å². The zero-order valence-electron chi connectivity index (χ0n) is 11.0. The summed E-state index contributed by atoms with van der Waals surface area (Å²) in [6.07, 6.45) is 0. The molecule has 2 aromatic rings. The van der Waals surface area contributed by atoms with Gasteiger partial charge < -0.3 is 5.11 Å². The lowest BCUT2D eigenvalue weighted by Crippen LogP contribution is -2.25. The van der Waals surface area contributed by atoms with Crippen LogP contribution in [-0.4, -0.2) is 26.4 Å². The number of aromatic nitrogens is 2. The van der Waals surface area contributed by atoms with Crippen LogP contribution in [0.3, 0.4) is 0 Å². The molecule has 1 N–H and O–H groups in total. The fourth-order valence-corrected chi connectivity index (χ4v) is 2.85. The second-order valence-corrected chi connectivity index (χ2v) is 5.89. The van der Waals surface area contributed by atoms with Crippen LogP contribution in [0.5, 0.6) is 0 Å². The molecule has 7 heteroatoms. The van der Waals surface area contributed by atoms with Gasteiger partial charge in [-0.1, -0.05) is 23.4 Å². The molecule has 0 saturated carbocycles. The van der Waals surface area contributed by atoms with Gasteiger partial charge in [0, 0.05) is 11.1 Å². The number of nitrogens with zero attached hydrogens (tertiary/aromatic N) is 2. The Hall–Kier alpha value is -1.53. The van der Waals surface area contributed by atoms with Crippen LogP contribution in [0.1, 0.15) is 19.9 Å². The van der Waals surface area contributed by atoms with Gasteiger partial charge in [-0.05, 0) is 32.0 Å². The minimum atomic E-state index is -0.948. The molecule has 1 aromatic heterocycles. The second-order valence-electron chi connectivity index (χ2n) is 4.51. The second kappa shape index (κ2) is 5.85. The van der Waals surface area contributed by atoms with Gasteiger partial charge in [-0.3, -0.25) is 14.2 Å². The highest BCUT2D eigenvalue weighted by molar-refractivity contribution is 7.99. The van der Waals surface area contributed by atoms with Crippen molar-refractivity contribution in [1.82, 2.24) is 9.55 Å². The summed E-state index contributed by atoms with van der Waals surface area (Å²) in [4.78, 5) is 27.6. The van der Waals surface area contributed by atoms with Gasteiger partial charge in [-0.2, -0.15) is 0 Å². The van der Waals surface area contributed by atoms with Gasteiger partial charge in [0.05, 0.1) is 16.7 Å². The Morgan fingerprint density at radius 2 is 2.20 bits per heavy atom. The molecule has 0 aliphatic heterocycles. The van der Waals surface area contributed by atoms with Crippen molar-refractivity contribution in [2.24, 2.45) is 0 Å². The fourth-order valence-electron chi connectivity index (χ4n) is 1.83. The summed E-state index contributed by atoms with van der Waals surface area (Å²) in [7, 11) is 0. The molecule has 2 rings (SSSR count). The van der Waals surface area contributed by atoms with Crippen molar-refractivity contribution >= 4 is 40.2 Å². The zero-order valence-corrected chi connectivity index (χ0v) is 12.5. The van der Waals surface area contributed by atoms with Gasteiger partial charge in [0.15, 0.2) is 5.16 Å². The average molecular weight is 313 g/mol. The number of carbonyl (C=O) groups is 1. The summed E-state index contributed by atoms with van der Waals surface area (Å²) in [6, 6.07) is 4.78. The maximum Gasteiger partial charge on any atom is 0.313 e. The highest BCUT2D eigenvalue weighted by Gasteiger charge is 2.15. The monoisotopic (exact) mass is 312 g/mol. The predicted octanol–water partition coefficient (Wildman–Crippen LogP) is 2.81. The summed E-state index contributed by atoms with van der Waals surface area (Å²) < 4.78 is 1.49. The van der Waals surface area contributed by atoms with Crippen LogP contribution in [0.2, 0.25) is 5.02 Å². The molecule has 0 unspecified atom stereocenters. The van der Waals surface area contributed by atoms with Crippen molar-refractivity contribution < 1.29 is 9.90 Å². The van der Waals surface area contributed by atoms with E-state index in [2.05, 4.69) is 4.98 Å². The molecule has 0 saturated heterocycles. The molecule has 0 bridgehead atoms. The van der Waals surface area contributed by atoms with Crippen LogP contribution in [0.15, 0.2) is 28.2 Å². The Balaban J connectivity index is 2.67. The maximum atomic E-state index is 12.5. The smallest absolute Gasteiger partial charge is 0.313 e. The van der Waals surface area contributed by atoms with Gasteiger partial charge in [0.2, 0.25) is 0 Å². The molecule has 0 aliphatic carbocycles. The lowest BCUT2D eigenvalue weighted by molar-refractivity contribution is -0.133. The molecule has 0 fully saturated rings. The quantitative estimate of drug-likeness (QED) is 0.694. The van der Waals surface area contributed by atoms with Crippen LogP contribution in [0.4, 0.5) is 0 Å². The van der Waals surface area contributed by atoms with Crippen LogP contribution in [0, 0.1) is 0 Å². The van der Waals surface area contributed by atoms with E-state index in [0.29, 0.717) is 21.1 Å². The van der Waals surface area contributed by atoms with Crippen LogP contribution >= 0.6 is 23.4 Å². The van der Waals surface area contributed by atoms with Gasteiger partial charge in [0.1, 0.15) is 0 Å². The lowest BCUT2D eigenvalue weighted by Gasteiger charge is -2.15. The van der Waals surface area contributed by atoms with Gasteiger partial charge >= 0.3 is 5.97 Å². The van der Waals surface area contributed by atoms with Gasteiger partial charge in [0.25, 0.3) is 5.56 Å². The molecule has 20 heavy (non-hydrogen) atoms. The van der Waals surface area contributed by atoms with E-state index in [-0.39, 0.29) is 17.4 Å². The largest absolute Gasteiger partial charge is 0.481 e. The molecule has 0 amide bonds. The number of benzene rings is 1. The predicted molar refractivity (Wildman–Crippen MR) is 79.8 cm³/mol. The topological polar surface area (TPSA) is 72.2 Å². The fraction of sp³-hybridized carbons (Fsp3) is 0.308. The Kier molecular flexibility index (Phi) is 4.35. The Labute approximate surface area is 124 Å². The first kappa shape index (κ1) is 14.9. The van der Waals surface area contributed by atoms with Gasteiger partial charge in [-0.15, -0.1) is 0 Å². The van der Waals surface area contributed by atoms with Crippen molar-refractivity contribution in [2.45, 2.75) is 25.0 Å². The molecule has 1 aromatic carbocycles. The van der Waals surface area contributed by atoms with Gasteiger partial charge in [-0.25, -0.2) is 4.98 Å². The first-order valence-electron chi connectivity index (χ1n) is 5.96. The zero-order chi connectivity index (χ0) is 14.9. The molecule has 5 nitrogen and oxygen atoms in total. The van der Waals surface area contributed by atoms with Crippen LogP contribution in [-0.2, 0) is 4.79 Å². The molecule has 0 aliphatic rings. The molecule has 0 atom stereocenters. The third kappa shape index (κ3) is 2.96. The van der Waals surface area contributed by atoms with Crippen LogP contribution in [0.25, 0.3) is 10.9 Å². The Morgan fingerprint density at radius 1 is 1.50 bits per heavy atom. The lowest BCUT2D eigenvalue weighted by atomic mass is 10.2. The van der Waals surface area contributed by atoms with Crippen molar-refractivity contribution in [2.75, 3.05) is 5.75 Å². The van der Waals surface area contributed by atoms with E-state index in [1.54, 1.807) is 18.2 Å². The number of halogens is 1. The molecule has 0 radical (unpaired) electrons. The number of rotatable bonds is 4. The highest BCUT2D eigenvalue weighted by Crippen LogP contribution is 2.22. The first-order valence-corrected chi connectivity index (χ1v) is 7.33. The number of aliphatic carboxylic acids is 1.